The first-order valence-electron chi connectivity index (χ1n) is 6.39. The van der Waals surface area contributed by atoms with E-state index in [1.165, 1.54) is 5.56 Å². The molecule has 2 atom stereocenters. The molecule has 1 aliphatic rings. The van der Waals surface area contributed by atoms with Crippen LogP contribution in [-0.4, -0.2) is 24.2 Å². The second kappa shape index (κ2) is 5.21. The molecule has 3 nitrogen and oxygen atoms in total. The van der Waals surface area contributed by atoms with Crippen LogP contribution < -0.4 is 0 Å². The van der Waals surface area contributed by atoms with Crippen LogP contribution >= 0.6 is 0 Å². The van der Waals surface area contributed by atoms with Crippen molar-refractivity contribution in [2.24, 2.45) is 4.99 Å². The normalized spacial score (nSPS) is 25.1. The molecule has 0 aromatic heterocycles. The summed E-state index contributed by atoms with van der Waals surface area (Å²) in [6.07, 6.45) is -0.0221. The zero-order valence-corrected chi connectivity index (χ0v) is 11.5. The first-order valence-corrected chi connectivity index (χ1v) is 6.39. The molecule has 0 radical (unpaired) electrons. The minimum Gasteiger partial charge on any atom is -0.347 e. The Morgan fingerprint density at radius 1 is 1.33 bits per heavy atom. The third kappa shape index (κ3) is 3.18. The summed E-state index contributed by atoms with van der Waals surface area (Å²) in [6, 6.07) is 10.4. The van der Waals surface area contributed by atoms with Gasteiger partial charge in [-0.2, -0.15) is 0 Å². The molecular weight excluding hydrogens is 226 g/mol. The molecule has 3 heteroatoms. The topological polar surface area (TPSA) is 30.8 Å². The molecule has 98 valence electrons. The lowest BCUT2D eigenvalue weighted by atomic mass is 10.1. The molecule has 1 aromatic rings. The SMILES string of the molecule is CC(=N[C@H](C)c1ccccc1)[C@H]1COC(C)(C)O1. The van der Waals surface area contributed by atoms with Gasteiger partial charge in [-0.1, -0.05) is 30.3 Å². The van der Waals surface area contributed by atoms with Gasteiger partial charge < -0.3 is 9.47 Å². The summed E-state index contributed by atoms with van der Waals surface area (Å²) >= 11 is 0. The van der Waals surface area contributed by atoms with Crippen LogP contribution in [0.3, 0.4) is 0 Å². The number of aliphatic imine (C=N–C) groups is 1. The quantitative estimate of drug-likeness (QED) is 0.767. The summed E-state index contributed by atoms with van der Waals surface area (Å²) in [5, 5.41) is 0. The molecule has 1 aliphatic heterocycles. The zero-order valence-electron chi connectivity index (χ0n) is 11.5. The van der Waals surface area contributed by atoms with Crippen LogP contribution in [0.5, 0.6) is 0 Å². The van der Waals surface area contributed by atoms with E-state index in [2.05, 4.69) is 19.1 Å². The minimum absolute atomic E-state index is 0.0221. The van der Waals surface area contributed by atoms with Crippen molar-refractivity contribution in [3.05, 3.63) is 35.9 Å². The van der Waals surface area contributed by atoms with Gasteiger partial charge in [0.05, 0.1) is 12.6 Å². The Bertz CT molecular complexity index is 425. The molecule has 0 saturated carbocycles. The van der Waals surface area contributed by atoms with Gasteiger partial charge in [-0.25, -0.2) is 0 Å². The Hall–Kier alpha value is -1.19. The molecule has 1 heterocycles. The summed E-state index contributed by atoms with van der Waals surface area (Å²) in [6.45, 7) is 8.56. The van der Waals surface area contributed by atoms with Crippen LogP contribution in [-0.2, 0) is 9.47 Å². The smallest absolute Gasteiger partial charge is 0.163 e. The number of benzene rings is 1. The summed E-state index contributed by atoms with van der Waals surface area (Å²) in [5.74, 6) is -0.489. The zero-order chi connectivity index (χ0) is 13.2. The van der Waals surface area contributed by atoms with E-state index in [0.29, 0.717) is 6.61 Å². The fourth-order valence-electron chi connectivity index (χ4n) is 2.09. The van der Waals surface area contributed by atoms with Crippen molar-refractivity contribution < 1.29 is 9.47 Å². The van der Waals surface area contributed by atoms with E-state index in [-0.39, 0.29) is 12.1 Å². The highest BCUT2D eigenvalue weighted by atomic mass is 16.7. The van der Waals surface area contributed by atoms with E-state index in [1.807, 2.05) is 39.0 Å². The van der Waals surface area contributed by atoms with Crippen molar-refractivity contribution in [1.29, 1.82) is 0 Å². The highest BCUT2D eigenvalue weighted by Gasteiger charge is 2.34. The largest absolute Gasteiger partial charge is 0.347 e. The van der Waals surface area contributed by atoms with E-state index in [0.717, 1.165) is 5.71 Å². The molecule has 0 aliphatic carbocycles. The second-order valence-electron chi connectivity index (χ2n) is 5.17. The first-order chi connectivity index (χ1) is 8.48. The van der Waals surface area contributed by atoms with Gasteiger partial charge in [-0.3, -0.25) is 4.99 Å². The van der Waals surface area contributed by atoms with Crippen LogP contribution in [0.25, 0.3) is 0 Å². The van der Waals surface area contributed by atoms with Crippen LogP contribution in [0.2, 0.25) is 0 Å². The fraction of sp³-hybridized carbons (Fsp3) is 0.533. The Kier molecular flexibility index (Phi) is 3.83. The fourth-order valence-corrected chi connectivity index (χ4v) is 2.09. The van der Waals surface area contributed by atoms with E-state index in [1.54, 1.807) is 0 Å². The van der Waals surface area contributed by atoms with Crippen molar-refractivity contribution in [1.82, 2.24) is 0 Å². The maximum Gasteiger partial charge on any atom is 0.163 e. The Labute approximate surface area is 109 Å². The average Bonchev–Trinajstić information content (AvgIpc) is 2.71. The van der Waals surface area contributed by atoms with Gasteiger partial charge in [-0.15, -0.1) is 0 Å². The molecule has 1 fully saturated rings. The molecule has 2 rings (SSSR count). The second-order valence-corrected chi connectivity index (χ2v) is 5.17. The summed E-state index contributed by atoms with van der Waals surface area (Å²) in [7, 11) is 0. The molecule has 0 bridgehead atoms. The van der Waals surface area contributed by atoms with Crippen LogP contribution in [0.15, 0.2) is 35.3 Å². The van der Waals surface area contributed by atoms with Crippen LogP contribution in [0, 0.1) is 0 Å². The first kappa shape index (κ1) is 13.2. The molecular formula is C15H21NO2. The van der Waals surface area contributed by atoms with Gasteiger partial charge in [0.25, 0.3) is 0 Å². The van der Waals surface area contributed by atoms with Gasteiger partial charge in [-0.05, 0) is 33.3 Å². The van der Waals surface area contributed by atoms with Crippen molar-refractivity contribution in [2.75, 3.05) is 6.61 Å². The molecule has 1 saturated heterocycles. The van der Waals surface area contributed by atoms with E-state index < -0.39 is 5.79 Å². The van der Waals surface area contributed by atoms with Crippen molar-refractivity contribution in [3.8, 4) is 0 Å². The van der Waals surface area contributed by atoms with Gasteiger partial charge in [0.2, 0.25) is 0 Å². The van der Waals surface area contributed by atoms with E-state index in [9.17, 15) is 0 Å². The number of rotatable bonds is 3. The number of hydrogen-bond acceptors (Lipinski definition) is 3. The lowest BCUT2D eigenvalue weighted by Crippen LogP contribution is -2.25. The Balaban J connectivity index is 2.05. The van der Waals surface area contributed by atoms with Crippen molar-refractivity contribution in [2.45, 2.75) is 45.6 Å². The average molecular weight is 247 g/mol. The maximum absolute atomic E-state index is 5.79. The Morgan fingerprint density at radius 2 is 2.00 bits per heavy atom. The maximum atomic E-state index is 5.79. The van der Waals surface area contributed by atoms with Gasteiger partial charge in [0.15, 0.2) is 5.79 Å². The van der Waals surface area contributed by atoms with Crippen molar-refractivity contribution in [3.63, 3.8) is 0 Å². The molecule has 18 heavy (non-hydrogen) atoms. The predicted octanol–water partition coefficient (Wildman–Crippen LogP) is 3.36. The third-order valence-corrected chi connectivity index (χ3v) is 3.15. The van der Waals surface area contributed by atoms with Gasteiger partial charge in [0.1, 0.15) is 6.10 Å². The summed E-state index contributed by atoms with van der Waals surface area (Å²) in [4.78, 5) is 4.71. The monoisotopic (exact) mass is 247 g/mol. The lowest BCUT2D eigenvalue weighted by Gasteiger charge is -2.17. The van der Waals surface area contributed by atoms with E-state index in [4.69, 9.17) is 14.5 Å². The van der Waals surface area contributed by atoms with Crippen molar-refractivity contribution >= 4 is 5.71 Å². The number of nitrogens with zero attached hydrogens (tertiary/aromatic N) is 1. The number of ether oxygens (including phenoxy) is 2. The van der Waals surface area contributed by atoms with Crippen LogP contribution in [0.1, 0.15) is 39.3 Å². The lowest BCUT2D eigenvalue weighted by molar-refractivity contribution is -0.131. The molecule has 1 aromatic carbocycles. The standard InChI is InChI=1S/C15H21NO2/c1-11(13-8-6-5-7-9-13)16-12(2)14-10-17-15(3,4)18-14/h5-9,11,14H,10H2,1-4H3/t11-,14-/m1/s1. The van der Waals surface area contributed by atoms with E-state index >= 15 is 0 Å². The highest BCUT2D eigenvalue weighted by Crippen LogP contribution is 2.24. The van der Waals surface area contributed by atoms with Gasteiger partial charge in [0, 0.05) is 5.71 Å². The molecule has 0 spiro atoms. The Morgan fingerprint density at radius 3 is 2.56 bits per heavy atom. The minimum atomic E-state index is -0.489. The van der Waals surface area contributed by atoms with Gasteiger partial charge >= 0.3 is 0 Å². The van der Waals surface area contributed by atoms with Crippen LogP contribution in [0.4, 0.5) is 0 Å². The molecule has 0 N–H and O–H groups in total. The summed E-state index contributed by atoms with van der Waals surface area (Å²) in [5.41, 5.74) is 2.21. The predicted molar refractivity (Wildman–Crippen MR) is 72.9 cm³/mol. The number of hydrogen-bond donors (Lipinski definition) is 0. The highest BCUT2D eigenvalue weighted by molar-refractivity contribution is 5.87. The molecule has 0 amide bonds. The summed E-state index contributed by atoms with van der Waals surface area (Å²) < 4.78 is 11.4. The molecule has 0 unspecified atom stereocenters. The third-order valence-electron chi connectivity index (χ3n) is 3.15.